The van der Waals surface area contributed by atoms with Crippen LogP contribution in [0.25, 0.3) is 0 Å². The summed E-state index contributed by atoms with van der Waals surface area (Å²) in [5.41, 5.74) is 1.46. The number of alkyl halides is 3. The highest BCUT2D eigenvalue weighted by atomic mass is 32.2. The van der Waals surface area contributed by atoms with E-state index in [1.165, 1.54) is 0 Å². The van der Waals surface area contributed by atoms with E-state index < -0.39 is 22.7 Å². The second-order valence-corrected chi connectivity index (χ2v) is 7.53. The van der Waals surface area contributed by atoms with Gasteiger partial charge in [0.25, 0.3) is 5.91 Å². The van der Waals surface area contributed by atoms with Gasteiger partial charge in [0.2, 0.25) is 5.76 Å². The molecule has 0 aliphatic carbocycles. The van der Waals surface area contributed by atoms with E-state index in [1.54, 1.807) is 12.1 Å². The van der Waals surface area contributed by atoms with Crippen LogP contribution in [-0.4, -0.2) is 24.4 Å². The van der Waals surface area contributed by atoms with Crippen molar-refractivity contribution in [2.45, 2.75) is 39.3 Å². The lowest BCUT2D eigenvalue weighted by atomic mass is 9.91. The summed E-state index contributed by atoms with van der Waals surface area (Å²) in [5.74, 6) is -1.01. The quantitative estimate of drug-likeness (QED) is 0.760. The van der Waals surface area contributed by atoms with Gasteiger partial charge in [-0.2, -0.15) is 13.2 Å². The summed E-state index contributed by atoms with van der Waals surface area (Å²) in [6.45, 7) is 6.20. The molecule has 0 aromatic heterocycles. The Morgan fingerprint density at radius 2 is 1.96 bits per heavy atom. The fraction of sp³-hybridized carbons (Fsp3) is 0.500. The lowest BCUT2D eigenvalue weighted by Gasteiger charge is -2.23. The molecule has 1 heterocycles. The Morgan fingerprint density at radius 3 is 2.60 bits per heavy atom. The fourth-order valence-corrected chi connectivity index (χ4v) is 3.71. The van der Waals surface area contributed by atoms with Gasteiger partial charge in [0.1, 0.15) is 4.91 Å². The molecule has 0 saturated heterocycles. The third-order valence-electron chi connectivity index (χ3n) is 3.81. The number of hydrogen-bond donors (Lipinski definition) is 1. The van der Waals surface area contributed by atoms with Crippen LogP contribution in [0, 0.1) is 5.92 Å². The summed E-state index contributed by atoms with van der Waals surface area (Å²) in [4.78, 5) is 12.0. The molecule has 0 fully saturated rings. The molecule has 1 unspecified atom stereocenters. The summed E-state index contributed by atoms with van der Waals surface area (Å²) in [6, 6.07) is 7.23. The number of carbonyl (C=O) groups is 1. The smallest absolute Gasteiger partial charge is 0.450 e. The van der Waals surface area contributed by atoms with Crippen molar-refractivity contribution in [1.82, 2.24) is 0 Å². The number of para-hydroxylation sites is 1. The van der Waals surface area contributed by atoms with E-state index in [2.05, 4.69) is 19.2 Å². The molecule has 1 amide bonds. The number of allylic oxidation sites excluding steroid dienone is 1. The van der Waals surface area contributed by atoms with E-state index in [0.29, 0.717) is 17.4 Å². The van der Waals surface area contributed by atoms with Crippen LogP contribution >= 0.6 is 11.8 Å². The van der Waals surface area contributed by atoms with Crippen molar-refractivity contribution < 1.29 is 22.7 Å². The van der Waals surface area contributed by atoms with Crippen LogP contribution in [0.1, 0.15) is 38.7 Å². The maximum absolute atomic E-state index is 13.1. The topological polar surface area (TPSA) is 38.3 Å². The first-order valence-corrected chi connectivity index (χ1v) is 9.16. The van der Waals surface area contributed by atoms with E-state index in [9.17, 15) is 18.0 Å². The van der Waals surface area contributed by atoms with Crippen LogP contribution in [0.2, 0.25) is 0 Å². The molecular formula is C18H22F3NO2S. The Hall–Kier alpha value is -1.63. The van der Waals surface area contributed by atoms with Gasteiger partial charge in [-0.3, -0.25) is 4.79 Å². The summed E-state index contributed by atoms with van der Waals surface area (Å²) in [5, 5.41) is 2.64. The van der Waals surface area contributed by atoms with Crippen LogP contribution in [0.3, 0.4) is 0 Å². The standard InChI is InChI=1S/C18H22F3NO2S/c1-11(2)10-12(3)13-6-4-5-7-14(13)22-17(23)15-16(18(19,20)21)24-8-9-25-15/h4-7,11-12H,8-10H2,1-3H3,(H,22,23). The van der Waals surface area contributed by atoms with Crippen LogP contribution in [-0.2, 0) is 9.53 Å². The SMILES string of the molecule is CC(C)CC(C)c1ccccc1NC(=O)C1=C(C(F)(F)F)OCCS1. The van der Waals surface area contributed by atoms with Gasteiger partial charge in [-0.1, -0.05) is 39.0 Å². The minimum Gasteiger partial charge on any atom is -0.487 e. The number of halogens is 3. The molecule has 7 heteroatoms. The van der Waals surface area contributed by atoms with Crippen molar-refractivity contribution in [3.63, 3.8) is 0 Å². The molecule has 0 radical (unpaired) electrons. The van der Waals surface area contributed by atoms with Crippen molar-refractivity contribution >= 4 is 23.4 Å². The molecule has 2 rings (SSSR count). The Bertz CT molecular complexity index is 656. The van der Waals surface area contributed by atoms with Gasteiger partial charge in [0, 0.05) is 11.4 Å². The van der Waals surface area contributed by atoms with Gasteiger partial charge in [-0.25, -0.2) is 0 Å². The van der Waals surface area contributed by atoms with E-state index in [0.717, 1.165) is 23.7 Å². The minimum absolute atomic E-state index is 0.0572. The van der Waals surface area contributed by atoms with Gasteiger partial charge in [-0.05, 0) is 29.9 Å². The molecule has 1 atom stereocenters. The van der Waals surface area contributed by atoms with E-state index in [1.807, 2.05) is 19.1 Å². The zero-order chi connectivity index (χ0) is 18.6. The molecule has 0 saturated carbocycles. The number of thioether (sulfide) groups is 1. The van der Waals surface area contributed by atoms with Crippen molar-refractivity contribution in [1.29, 1.82) is 0 Å². The number of benzene rings is 1. The molecule has 25 heavy (non-hydrogen) atoms. The first kappa shape index (κ1) is 19.7. The maximum atomic E-state index is 13.1. The van der Waals surface area contributed by atoms with Gasteiger partial charge >= 0.3 is 6.18 Å². The normalized spacial score (nSPS) is 16.6. The third kappa shape index (κ3) is 5.17. The number of rotatable bonds is 5. The van der Waals surface area contributed by atoms with Crippen LogP contribution in [0.5, 0.6) is 0 Å². The van der Waals surface area contributed by atoms with Gasteiger partial charge in [0.05, 0.1) is 6.61 Å². The number of ether oxygens (including phenoxy) is 1. The van der Waals surface area contributed by atoms with Gasteiger partial charge in [-0.15, -0.1) is 11.8 Å². The molecule has 0 bridgehead atoms. The highest BCUT2D eigenvalue weighted by Crippen LogP contribution is 2.38. The average Bonchev–Trinajstić information content (AvgIpc) is 2.54. The van der Waals surface area contributed by atoms with E-state index in [-0.39, 0.29) is 12.5 Å². The predicted molar refractivity (Wildman–Crippen MR) is 94.4 cm³/mol. The second-order valence-electron chi connectivity index (χ2n) is 6.42. The van der Waals surface area contributed by atoms with Crippen LogP contribution in [0.15, 0.2) is 34.9 Å². The second kappa shape index (κ2) is 8.17. The summed E-state index contributed by atoms with van der Waals surface area (Å²) < 4.78 is 43.9. The highest BCUT2D eigenvalue weighted by molar-refractivity contribution is 8.04. The zero-order valence-corrected chi connectivity index (χ0v) is 15.3. The molecule has 0 spiro atoms. The van der Waals surface area contributed by atoms with E-state index >= 15 is 0 Å². The molecular weight excluding hydrogens is 351 g/mol. The molecule has 1 aliphatic rings. The minimum atomic E-state index is -4.68. The summed E-state index contributed by atoms with van der Waals surface area (Å²) in [7, 11) is 0. The molecule has 1 aromatic carbocycles. The van der Waals surface area contributed by atoms with Crippen molar-refractivity contribution in [3.8, 4) is 0 Å². The van der Waals surface area contributed by atoms with E-state index in [4.69, 9.17) is 4.74 Å². The zero-order valence-electron chi connectivity index (χ0n) is 14.4. The molecule has 138 valence electrons. The van der Waals surface area contributed by atoms with Crippen LogP contribution < -0.4 is 5.32 Å². The molecule has 1 aliphatic heterocycles. The fourth-order valence-electron chi connectivity index (χ4n) is 2.85. The Morgan fingerprint density at radius 1 is 1.28 bits per heavy atom. The lowest BCUT2D eigenvalue weighted by molar-refractivity contribution is -0.133. The predicted octanol–water partition coefficient (Wildman–Crippen LogP) is 5.31. The number of nitrogens with one attached hydrogen (secondary N) is 1. The van der Waals surface area contributed by atoms with Crippen molar-refractivity contribution in [2.75, 3.05) is 17.7 Å². The van der Waals surface area contributed by atoms with Crippen LogP contribution in [0.4, 0.5) is 18.9 Å². The van der Waals surface area contributed by atoms with Gasteiger partial charge in [0.15, 0.2) is 0 Å². The Labute approximate surface area is 150 Å². The summed E-state index contributed by atoms with van der Waals surface area (Å²) >= 11 is 0.873. The van der Waals surface area contributed by atoms with Crippen molar-refractivity contribution in [2.24, 2.45) is 5.92 Å². The molecule has 1 N–H and O–H groups in total. The summed E-state index contributed by atoms with van der Waals surface area (Å²) in [6.07, 6.45) is -3.76. The number of amides is 1. The Balaban J connectivity index is 2.27. The number of hydrogen-bond acceptors (Lipinski definition) is 3. The lowest BCUT2D eigenvalue weighted by Crippen LogP contribution is -2.26. The maximum Gasteiger partial charge on any atom is 0.450 e. The first-order chi connectivity index (χ1) is 11.7. The average molecular weight is 373 g/mol. The highest BCUT2D eigenvalue weighted by Gasteiger charge is 2.42. The molecule has 1 aromatic rings. The Kier molecular flexibility index (Phi) is 6.43. The third-order valence-corrected chi connectivity index (χ3v) is 4.84. The molecule has 3 nitrogen and oxygen atoms in total. The monoisotopic (exact) mass is 373 g/mol. The largest absolute Gasteiger partial charge is 0.487 e. The number of carbonyl (C=O) groups excluding carboxylic acids is 1. The van der Waals surface area contributed by atoms with Crippen molar-refractivity contribution in [3.05, 3.63) is 40.5 Å². The first-order valence-electron chi connectivity index (χ1n) is 8.17. The van der Waals surface area contributed by atoms with Gasteiger partial charge < -0.3 is 10.1 Å². The number of anilines is 1.